The minimum atomic E-state index is -0.328. The van der Waals surface area contributed by atoms with Gasteiger partial charge in [0.05, 0.1) is 17.9 Å². The van der Waals surface area contributed by atoms with Crippen LogP contribution in [0.4, 0.5) is 17.2 Å². The number of carbonyl (C=O) groups is 1. The first-order valence-corrected chi connectivity index (χ1v) is 6.86. The molecule has 2 rings (SSSR count). The molecule has 0 saturated heterocycles. The maximum absolute atomic E-state index is 11.8. The minimum Gasteiger partial charge on any atom is -0.462 e. The largest absolute Gasteiger partial charge is 0.462 e. The topological polar surface area (TPSA) is 77.2 Å². The number of nitrogens with one attached hydrogen (secondary N) is 1. The number of pyridine rings is 1. The molecule has 0 radical (unpaired) electrons. The van der Waals surface area contributed by atoms with Crippen LogP contribution < -0.4 is 11.1 Å². The number of nitrogens with zero attached hydrogens (tertiary/aromatic N) is 1. The SMILES string of the molecule is CCCOC(=O)c1cccc(Nc2ncc(C)cc2N)c1. The Bertz CT molecular complexity index is 641. The summed E-state index contributed by atoms with van der Waals surface area (Å²) >= 11 is 0. The summed E-state index contributed by atoms with van der Waals surface area (Å²) in [5.74, 6) is 0.241. The van der Waals surface area contributed by atoms with E-state index < -0.39 is 0 Å². The number of aryl methyl sites for hydroxylation is 1. The number of benzene rings is 1. The quantitative estimate of drug-likeness (QED) is 0.824. The van der Waals surface area contributed by atoms with Crippen LogP contribution in [0, 0.1) is 6.92 Å². The number of rotatable bonds is 5. The number of anilines is 3. The van der Waals surface area contributed by atoms with Crippen LogP contribution in [0.5, 0.6) is 0 Å². The van der Waals surface area contributed by atoms with Gasteiger partial charge in [0.1, 0.15) is 0 Å². The van der Waals surface area contributed by atoms with Gasteiger partial charge in [0, 0.05) is 11.9 Å². The first-order valence-electron chi connectivity index (χ1n) is 6.86. The van der Waals surface area contributed by atoms with E-state index in [-0.39, 0.29) is 5.97 Å². The van der Waals surface area contributed by atoms with Gasteiger partial charge in [-0.3, -0.25) is 0 Å². The number of carbonyl (C=O) groups excluding carboxylic acids is 1. The molecule has 5 heteroatoms. The lowest BCUT2D eigenvalue weighted by molar-refractivity contribution is 0.0505. The average Bonchev–Trinajstić information content (AvgIpc) is 2.48. The third kappa shape index (κ3) is 3.95. The number of nitrogens with two attached hydrogens (primary N) is 1. The van der Waals surface area contributed by atoms with Crippen molar-refractivity contribution in [2.45, 2.75) is 20.3 Å². The summed E-state index contributed by atoms with van der Waals surface area (Å²) in [5.41, 5.74) is 8.71. The van der Waals surface area contributed by atoms with Crippen molar-refractivity contribution >= 4 is 23.2 Å². The zero-order valence-electron chi connectivity index (χ0n) is 12.2. The molecule has 0 aliphatic carbocycles. The Hall–Kier alpha value is -2.56. The van der Waals surface area contributed by atoms with Gasteiger partial charge in [-0.05, 0) is 43.2 Å². The highest BCUT2D eigenvalue weighted by molar-refractivity contribution is 5.90. The molecule has 3 N–H and O–H groups in total. The number of aromatic nitrogens is 1. The van der Waals surface area contributed by atoms with Crippen molar-refractivity contribution in [3.63, 3.8) is 0 Å². The van der Waals surface area contributed by atoms with Crippen molar-refractivity contribution in [2.24, 2.45) is 0 Å². The maximum atomic E-state index is 11.8. The van der Waals surface area contributed by atoms with Crippen LogP contribution >= 0.6 is 0 Å². The van der Waals surface area contributed by atoms with Gasteiger partial charge in [-0.1, -0.05) is 13.0 Å². The second kappa shape index (κ2) is 6.74. The zero-order valence-corrected chi connectivity index (χ0v) is 12.2. The van der Waals surface area contributed by atoms with Gasteiger partial charge in [-0.15, -0.1) is 0 Å². The molecule has 0 fully saturated rings. The summed E-state index contributed by atoms with van der Waals surface area (Å²) in [6, 6.07) is 8.91. The predicted octanol–water partition coefficient (Wildman–Crippen LogP) is 3.28. The Morgan fingerprint density at radius 2 is 2.19 bits per heavy atom. The van der Waals surface area contributed by atoms with Gasteiger partial charge in [0.25, 0.3) is 0 Å². The van der Waals surface area contributed by atoms with Crippen LogP contribution in [0.2, 0.25) is 0 Å². The van der Waals surface area contributed by atoms with E-state index in [0.29, 0.717) is 23.7 Å². The van der Waals surface area contributed by atoms with Crippen molar-refractivity contribution in [2.75, 3.05) is 17.7 Å². The Morgan fingerprint density at radius 3 is 2.90 bits per heavy atom. The molecule has 21 heavy (non-hydrogen) atoms. The van der Waals surface area contributed by atoms with Crippen molar-refractivity contribution < 1.29 is 9.53 Å². The van der Waals surface area contributed by atoms with E-state index in [9.17, 15) is 4.79 Å². The fourth-order valence-corrected chi connectivity index (χ4v) is 1.83. The first-order chi connectivity index (χ1) is 10.1. The van der Waals surface area contributed by atoms with Crippen LogP contribution in [0.3, 0.4) is 0 Å². The molecule has 0 saturated carbocycles. The second-order valence-corrected chi connectivity index (χ2v) is 4.79. The highest BCUT2D eigenvalue weighted by atomic mass is 16.5. The summed E-state index contributed by atoms with van der Waals surface area (Å²) in [6.45, 7) is 4.30. The highest BCUT2D eigenvalue weighted by Gasteiger charge is 2.08. The Kier molecular flexibility index (Phi) is 4.77. The minimum absolute atomic E-state index is 0.328. The molecule has 0 aliphatic rings. The summed E-state index contributed by atoms with van der Waals surface area (Å²) in [5, 5.41) is 3.11. The van der Waals surface area contributed by atoms with Crippen LogP contribution in [0.15, 0.2) is 36.5 Å². The zero-order chi connectivity index (χ0) is 15.2. The number of esters is 1. The first kappa shape index (κ1) is 14.8. The monoisotopic (exact) mass is 285 g/mol. The van der Waals surface area contributed by atoms with E-state index in [1.165, 1.54) is 0 Å². The highest BCUT2D eigenvalue weighted by Crippen LogP contribution is 2.22. The maximum Gasteiger partial charge on any atom is 0.338 e. The lowest BCUT2D eigenvalue weighted by Gasteiger charge is -2.10. The van der Waals surface area contributed by atoms with Crippen molar-refractivity contribution in [3.05, 3.63) is 47.7 Å². The lowest BCUT2D eigenvalue weighted by Crippen LogP contribution is -2.06. The summed E-state index contributed by atoms with van der Waals surface area (Å²) in [4.78, 5) is 16.1. The smallest absolute Gasteiger partial charge is 0.338 e. The van der Waals surface area contributed by atoms with Gasteiger partial charge >= 0.3 is 5.97 Å². The molecule has 1 aromatic carbocycles. The van der Waals surface area contributed by atoms with Crippen LogP contribution in [-0.4, -0.2) is 17.6 Å². The summed E-state index contributed by atoms with van der Waals surface area (Å²) in [7, 11) is 0. The van der Waals surface area contributed by atoms with E-state index in [1.807, 2.05) is 26.0 Å². The molecule has 2 aromatic rings. The molecule has 0 unspecified atom stereocenters. The Balaban J connectivity index is 2.15. The third-order valence-electron chi connectivity index (χ3n) is 2.85. The standard InChI is InChI=1S/C16H19N3O2/c1-3-7-21-16(20)12-5-4-6-13(9-12)19-15-14(17)8-11(2)10-18-15/h4-6,8-10H,3,7,17H2,1-2H3,(H,18,19). The van der Waals surface area contributed by atoms with E-state index in [0.717, 1.165) is 17.7 Å². The fraction of sp³-hybridized carbons (Fsp3) is 0.250. The van der Waals surface area contributed by atoms with Gasteiger partial charge in [-0.2, -0.15) is 0 Å². The molecule has 0 spiro atoms. The average molecular weight is 285 g/mol. The van der Waals surface area contributed by atoms with E-state index in [4.69, 9.17) is 10.5 Å². The normalized spacial score (nSPS) is 10.2. The molecular weight excluding hydrogens is 266 g/mol. The second-order valence-electron chi connectivity index (χ2n) is 4.79. The molecule has 110 valence electrons. The molecular formula is C16H19N3O2. The number of ether oxygens (including phenoxy) is 1. The van der Waals surface area contributed by atoms with Gasteiger partial charge < -0.3 is 15.8 Å². The van der Waals surface area contributed by atoms with Crippen LogP contribution in [0.1, 0.15) is 29.3 Å². The number of hydrogen-bond acceptors (Lipinski definition) is 5. The van der Waals surface area contributed by atoms with Crippen molar-refractivity contribution in [1.29, 1.82) is 0 Å². The Labute approximate surface area is 124 Å². The van der Waals surface area contributed by atoms with Crippen LogP contribution in [-0.2, 0) is 4.74 Å². The lowest BCUT2D eigenvalue weighted by atomic mass is 10.2. The molecule has 1 heterocycles. The van der Waals surface area contributed by atoms with Gasteiger partial charge in [-0.25, -0.2) is 9.78 Å². The number of nitrogen functional groups attached to an aromatic ring is 1. The molecule has 5 nitrogen and oxygen atoms in total. The fourth-order valence-electron chi connectivity index (χ4n) is 1.83. The molecule has 1 aromatic heterocycles. The molecule has 0 amide bonds. The number of hydrogen-bond donors (Lipinski definition) is 2. The molecule has 0 atom stereocenters. The molecule has 0 aliphatic heterocycles. The summed E-state index contributed by atoms with van der Waals surface area (Å²) < 4.78 is 5.11. The summed E-state index contributed by atoms with van der Waals surface area (Å²) in [6.07, 6.45) is 2.53. The van der Waals surface area contributed by atoms with E-state index >= 15 is 0 Å². The van der Waals surface area contributed by atoms with Gasteiger partial charge in [0.15, 0.2) is 5.82 Å². The molecule has 0 bridgehead atoms. The van der Waals surface area contributed by atoms with E-state index in [2.05, 4.69) is 10.3 Å². The predicted molar refractivity (Wildman–Crippen MR) is 83.7 cm³/mol. The van der Waals surface area contributed by atoms with Crippen molar-refractivity contribution in [1.82, 2.24) is 4.98 Å². The van der Waals surface area contributed by atoms with Crippen molar-refractivity contribution in [3.8, 4) is 0 Å². The van der Waals surface area contributed by atoms with E-state index in [1.54, 1.807) is 24.4 Å². The Morgan fingerprint density at radius 1 is 1.38 bits per heavy atom. The third-order valence-corrected chi connectivity index (χ3v) is 2.85. The van der Waals surface area contributed by atoms with Crippen LogP contribution in [0.25, 0.3) is 0 Å². The van der Waals surface area contributed by atoms with Gasteiger partial charge in [0.2, 0.25) is 0 Å².